The molecule has 0 saturated heterocycles. The highest BCUT2D eigenvalue weighted by atomic mass is 16.4. The van der Waals surface area contributed by atoms with Crippen molar-refractivity contribution in [1.82, 2.24) is 0 Å². The van der Waals surface area contributed by atoms with E-state index >= 15 is 0 Å². The fourth-order valence-corrected chi connectivity index (χ4v) is 7.32. The number of rotatable bonds is 3. The lowest BCUT2D eigenvalue weighted by Gasteiger charge is -2.57. The van der Waals surface area contributed by atoms with Gasteiger partial charge in [-0.3, -0.25) is 0 Å². The number of aromatic carboxylic acids is 1. The largest absolute Gasteiger partial charge is 0.508 e. The third-order valence-electron chi connectivity index (χ3n) is 8.05. The van der Waals surface area contributed by atoms with Crippen molar-refractivity contribution < 1.29 is 15.0 Å². The quantitative estimate of drug-likeness (QED) is 0.538. The van der Waals surface area contributed by atoms with Crippen LogP contribution in [-0.4, -0.2) is 16.2 Å². The van der Waals surface area contributed by atoms with E-state index in [2.05, 4.69) is 6.07 Å². The van der Waals surface area contributed by atoms with E-state index in [4.69, 9.17) is 0 Å². The lowest BCUT2D eigenvalue weighted by atomic mass is 9.48. The van der Waals surface area contributed by atoms with Gasteiger partial charge in [-0.15, -0.1) is 0 Å². The lowest BCUT2D eigenvalue weighted by Crippen LogP contribution is -2.48. The average Bonchev–Trinajstić information content (AvgIpc) is 2.72. The van der Waals surface area contributed by atoms with Crippen molar-refractivity contribution in [3.8, 4) is 16.9 Å². The molecule has 0 heterocycles. The first-order valence-corrected chi connectivity index (χ1v) is 11.1. The molecule has 3 heteroatoms. The molecule has 30 heavy (non-hydrogen) atoms. The Morgan fingerprint density at radius 3 is 2.20 bits per heavy atom. The normalized spacial score (nSPS) is 29.4. The molecule has 3 aromatic rings. The van der Waals surface area contributed by atoms with E-state index in [-0.39, 0.29) is 5.41 Å². The minimum Gasteiger partial charge on any atom is -0.508 e. The maximum atomic E-state index is 12.1. The number of carboxylic acid groups (broad SMARTS) is 1. The van der Waals surface area contributed by atoms with Gasteiger partial charge in [0.1, 0.15) is 5.75 Å². The van der Waals surface area contributed by atoms with Gasteiger partial charge in [-0.2, -0.15) is 0 Å². The second-order valence-electron chi connectivity index (χ2n) is 9.94. The molecule has 0 radical (unpaired) electrons. The van der Waals surface area contributed by atoms with E-state index < -0.39 is 5.97 Å². The fraction of sp³-hybridized carbons (Fsp3) is 0.370. The van der Waals surface area contributed by atoms with Gasteiger partial charge in [0, 0.05) is 11.1 Å². The highest BCUT2D eigenvalue weighted by Gasteiger charge is 2.52. The van der Waals surface area contributed by atoms with Gasteiger partial charge in [-0.1, -0.05) is 36.4 Å². The highest BCUT2D eigenvalue weighted by Crippen LogP contribution is 2.62. The Labute approximate surface area is 176 Å². The van der Waals surface area contributed by atoms with Gasteiger partial charge in [0.05, 0.1) is 5.56 Å². The molecule has 0 spiro atoms. The first-order valence-electron chi connectivity index (χ1n) is 11.1. The molecule has 4 saturated carbocycles. The monoisotopic (exact) mass is 398 g/mol. The van der Waals surface area contributed by atoms with Gasteiger partial charge >= 0.3 is 5.97 Å². The van der Waals surface area contributed by atoms with Crippen molar-refractivity contribution in [2.24, 2.45) is 17.8 Å². The summed E-state index contributed by atoms with van der Waals surface area (Å²) in [7, 11) is 0. The minimum absolute atomic E-state index is 0.0583. The number of benzene rings is 3. The number of carboxylic acids is 1. The maximum Gasteiger partial charge on any atom is 0.336 e. The summed E-state index contributed by atoms with van der Waals surface area (Å²) < 4.78 is 0. The van der Waals surface area contributed by atoms with Crippen molar-refractivity contribution in [2.75, 3.05) is 0 Å². The summed E-state index contributed by atoms with van der Waals surface area (Å²) in [6.45, 7) is 0. The Morgan fingerprint density at radius 1 is 0.867 bits per heavy atom. The molecule has 3 aromatic carbocycles. The number of carbonyl (C=O) groups is 1. The predicted molar refractivity (Wildman–Crippen MR) is 118 cm³/mol. The molecule has 3 nitrogen and oxygen atoms in total. The molecule has 2 N–H and O–H groups in total. The smallest absolute Gasteiger partial charge is 0.336 e. The highest BCUT2D eigenvalue weighted by molar-refractivity contribution is 6.07. The summed E-state index contributed by atoms with van der Waals surface area (Å²) in [5, 5.41) is 22.8. The summed E-state index contributed by atoms with van der Waals surface area (Å²) in [6, 6.07) is 17.3. The van der Waals surface area contributed by atoms with E-state index in [0.717, 1.165) is 45.2 Å². The summed E-state index contributed by atoms with van der Waals surface area (Å²) >= 11 is 0. The van der Waals surface area contributed by atoms with Crippen LogP contribution in [0.4, 0.5) is 0 Å². The van der Waals surface area contributed by atoms with E-state index in [9.17, 15) is 15.0 Å². The second kappa shape index (κ2) is 6.34. The minimum atomic E-state index is -0.916. The number of phenols is 1. The third kappa shape index (κ3) is 2.61. The van der Waals surface area contributed by atoms with Crippen molar-refractivity contribution >= 4 is 16.7 Å². The summed E-state index contributed by atoms with van der Waals surface area (Å²) in [4.78, 5) is 12.1. The van der Waals surface area contributed by atoms with Gasteiger partial charge < -0.3 is 10.2 Å². The van der Waals surface area contributed by atoms with Crippen LogP contribution in [-0.2, 0) is 5.41 Å². The van der Waals surface area contributed by atoms with Crippen molar-refractivity contribution in [1.29, 1.82) is 0 Å². The third-order valence-corrected chi connectivity index (χ3v) is 8.05. The molecule has 4 fully saturated rings. The number of fused-ring (bicyclic) bond motifs is 1. The lowest BCUT2D eigenvalue weighted by molar-refractivity contribution is -0.00611. The van der Waals surface area contributed by atoms with Crippen molar-refractivity contribution in [2.45, 2.75) is 43.9 Å². The summed E-state index contributed by atoms with van der Waals surface area (Å²) in [5.74, 6) is 1.81. The van der Waals surface area contributed by atoms with Crippen LogP contribution >= 0.6 is 0 Å². The van der Waals surface area contributed by atoms with Gasteiger partial charge in [0.15, 0.2) is 0 Å². The molecular formula is C27H26O3. The zero-order valence-corrected chi connectivity index (χ0v) is 17.0. The Balaban J connectivity index is 1.55. The van der Waals surface area contributed by atoms with Gasteiger partial charge in [0.2, 0.25) is 0 Å². The zero-order valence-electron chi connectivity index (χ0n) is 17.0. The Morgan fingerprint density at radius 2 is 1.53 bits per heavy atom. The Hall–Kier alpha value is -2.81. The SMILES string of the molecule is O=C(O)c1ccc2ccccc2c1-c1ccc(O)c(C23CC4CC(CC(C4)C2)C3)c1. The van der Waals surface area contributed by atoms with Crippen molar-refractivity contribution in [3.05, 3.63) is 65.7 Å². The molecule has 0 aliphatic heterocycles. The van der Waals surface area contributed by atoms with E-state index in [1.54, 1.807) is 12.1 Å². The summed E-state index contributed by atoms with van der Waals surface area (Å²) in [5.41, 5.74) is 3.07. The molecule has 0 unspecified atom stereocenters. The van der Waals surface area contributed by atoms with E-state index in [0.29, 0.717) is 11.3 Å². The van der Waals surface area contributed by atoms with Crippen LogP contribution in [0, 0.1) is 17.8 Å². The van der Waals surface area contributed by atoms with Gasteiger partial charge in [-0.25, -0.2) is 4.79 Å². The molecule has 0 aromatic heterocycles. The number of hydrogen-bond acceptors (Lipinski definition) is 2. The molecule has 152 valence electrons. The van der Waals surface area contributed by atoms with E-state index in [1.165, 1.54) is 38.5 Å². The molecular weight excluding hydrogens is 372 g/mol. The number of phenolic OH excluding ortho intramolecular Hbond substituents is 1. The molecule has 0 atom stereocenters. The Kier molecular flexibility index (Phi) is 3.80. The molecule has 4 aliphatic carbocycles. The average molecular weight is 399 g/mol. The molecule has 4 aliphatic rings. The summed E-state index contributed by atoms with van der Waals surface area (Å²) in [6.07, 6.45) is 7.55. The first-order chi connectivity index (χ1) is 14.5. The molecule has 4 bridgehead atoms. The van der Waals surface area contributed by atoms with Crippen LogP contribution in [0.3, 0.4) is 0 Å². The topological polar surface area (TPSA) is 57.5 Å². The zero-order chi connectivity index (χ0) is 20.5. The first kappa shape index (κ1) is 18.0. The van der Waals surface area contributed by atoms with Crippen LogP contribution < -0.4 is 0 Å². The van der Waals surface area contributed by atoms with Crippen LogP contribution in [0.15, 0.2) is 54.6 Å². The van der Waals surface area contributed by atoms with Crippen LogP contribution in [0.25, 0.3) is 21.9 Å². The number of hydrogen-bond donors (Lipinski definition) is 2. The number of aromatic hydroxyl groups is 1. The van der Waals surface area contributed by atoms with Crippen molar-refractivity contribution in [3.63, 3.8) is 0 Å². The van der Waals surface area contributed by atoms with Gasteiger partial charge in [0.25, 0.3) is 0 Å². The predicted octanol–water partition coefficient (Wildman–Crippen LogP) is 6.38. The second-order valence-corrected chi connectivity index (χ2v) is 9.94. The Bertz CT molecular complexity index is 1140. The van der Waals surface area contributed by atoms with Crippen LogP contribution in [0.2, 0.25) is 0 Å². The van der Waals surface area contributed by atoms with Gasteiger partial charge in [-0.05, 0) is 96.2 Å². The standard InChI is InChI=1S/C27H26O3/c28-24-8-6-20(25-21-4-2-1-3-19(21)5-7-22(25)26(29)30)12-23(24)27-13-16-9-17(14-27)11-18(10-16)15-27/h1-8,12,16-18,28H,9-11,13-15H2,(H,29,30). The van der Waals surface area contributed by atoms with Crippen LogP contribution in [0.1, 0.15) is 54.4 Å². The van der Waals surface area contributed by atoms with Crippen LogP contribution in [0.5, 0.6) is 5.75 Å². The maximum absolute atomic E-state index is 12.1. The fourth-order valence-electron chi connectivity index (χ4n) is 7.32. The molecule has 7 rings (SSSR count). The van der Waals surface area contributed by atoms with E-state index in [1.807, 2.05) is 36.4 Å². The molecule has 0 amide bonds.